The topological polar surface area (TPSA) is 38.8 Å². The van der Waals surface area contributed by atoms with Crippen LogP contribution in [0.4, 0.5) is 0 Å². The zero-order valence-electron chi connectivity index (χ0n) is 11.2. The Labute approximate surface area is 127 Å². The summed E-state index contributed by atoms with van der Waals surface area (Å²) in [6.45, 7) is 0.157. The van der Waals surface area contributed by atoms with Crippen molar-refractivity contribution < 1.29 is 14.3 Å². The van der Waals surface area contributed by atoms with Crippen LogP contribution in [0.25, 0.3) is 5.70 Å². The van der Waals surface area contributed by atoms with E-state index >= 15 is 0 Å². The van der Waals surface area contributed by atoms with Gasteiger partial charge in [0.05, 0.1) is 5.02 Å². The van der Waals surface area contributed by atoms with E-state index in [0.717, 1.165) is 11.3 Å². The second kappa shape index (κ2) is 6.48. The fourth-order valence-corrected chi connectivity index (χ4v) is 2.50. The van der Waals surface area contributed by atoms with Crippen molar-refractivity contribution in [3.05, 3.63) is 34.9 Å². The predicted molar refractivity (Wildman–Crippen MR) is 79.0 cm³/mol. The summed E-state index contributed by atoms with van der Waals surface area (Å²) >= 11 is 12.2. The highest BCUT2D eigenvalue weighted by molar-refractivity contribution is 6.33. The van der Waals surface area contributed by atoms with Crippen LogP contribution in [0.2, 0.25) is 5.02 Å². The van der Waals surface area contributed by atoms with Crippen molar-refractivity contribution in [2.45, 2.75) is 11.8 Å². The quantitative estimate of drug-likeness (QED) is 0.633. The number of allylic oxidation sites excluding steroid dienone is 1. The Morgan fingerprint density at radius 2 is 2.20 bits per heavy atom. The molecule has 0 saturated carbocycles. The Morgan fingerprint density at radius 1 is 1.45 bits per heavy atom. The van der Waals surface area contributed by atoms with Gasteiger partial charge in [0.2, 0.25) is 5.91 Å². The number of methoxy groups -OCH3 is 1. The Kier molecular flexibility index (Phi) is 4.91. The molecule has 0 bridgehead atoms. The van der Waals surface area contributed by atoms with E-state index in [-0.39, 0.29) is 12.7 Å². The number of benzene rings is 1. The van der Waals surface area contributed by atoms with Gasteiger partial charge in [-0.3, -0.25) is 4.79 Å². The molecule has 0 radical (unpaired) electrons. The number of carbonyl (C=O) groups is 1. The molecule has 108 valence electrons. The molecule has 0 N–H and O–H groups in total. The first-order valence-corrected chi connectivity index (χ1v) is 6.89. The van der Waals surface area contributed by atoms with Crippen molar-refractivity contribution >= 4 is 34.8 Å². The predicted octanol–water partition coefficient (Wildman–Crippen LogP) is 3.13. The van der Waals surface area contributed by atoms with E-state index in [4.69, 9.17) is 32.7 Å². The maximum Gasteiger partial charge on any atom is 0.245 e. The molecule has 6 heteroatoms. The molecule has 1 unspecified atom stereocenters. The van der Waals surface area contributed by atoms with Crippen LogP contribution < -0.4 is 4.74 Å². The van der Waals surface area contributed by atoms with Crippen molar-refractivity contribution in [1.82, 2.24) is 4.90 Å². The van der Waals surface area contributed by atoms with Gasteiger partial charge in [-0.05, 0) is 24.6 Å². The molecule has 1 heterocycles. The first-order chi connectivity index (χ1) is 9.54. The van der Waals surface area contributed by atoms with E-state index in [1.807, 2.05) is 12.1 Å². The fraction of sp³-hybridized carbons (Fsp3) is 0.357. The molecule has 0 aliphatic carbocycles. The molecule has 1 amide bonds. The van der Waals surface area contributed by atoms with Gasteiger partial charge in [-0.2, -0.15) is 0 Å². The normalized spacial score (nSPS) is 19.0. The SMILES string of the molecule is COCOc1ccc(C2=CCC(Cl)C(=O)N2C)c(Cl)c1. The van der Waals surface area contributed by atoms with Crippen molar-refractivity contribution in [2.24, 2.45) is 0 Å². The lowest BCUT2D eigenvalue weighted by atomic mass is 10.0. The van der Waals surface area contributed by atoms with E-state index < -0.39 is 5.38 Å². The zero-order chi connectivity index (χ0) is 14.7. The maximum atomic E-state index is 11.9. The number of nitrogens with zero attached hydrogens (tertiary/aromatic N) is 1. The molecule has 0 fully saturated rings. The molecule has 2 rings (SSSR count). The molecule has 0 saturated heterocycles. The lowest BCUT2D eigenvalue weighted by Gasteiger charge is -2.28. The Morgan fingerprint density at radius 3 is 2.85 bits per heavy atom. The van der Waals surface area contributed by atoms with Crippen LogP contribution in [-0.2, 0) is 9.53 Å². The second-order valence-electron chi connectivity index (χ2n) is 4.38. The number of alkyl halides is 1. The van der Waals surface area contributed by atoms with Gasteiger partial charge in [0.15, 0.2) is 6.79 Å². The monoisotopic (exact) mass is 315 g/mol. The third kappa shape index (κ3) is 3.08. The zero-order valence-corrected chi connectivity index (χ0v) is 12.7. The second-order valence-corrected chi connectivity index (χ2v) is 5.32. The van der Waals surface area contributed by atoms with Crippen molar-refractivity contribution in [1.29, 1.82) is 0 Å². The average molecular weight is 316 g/mol. The number of rotatable bonds is 4. The third-order valence-electron chi connectivity index (χ3n) is 3.04. The number of hydrogen-bond donors (Lipinski definition) is 0. The Hall–Kier alpha value is -1.23. The lowest BCUT2D eigenvalue weighted by Crippen LogP contribution is -2.35. The van der Waals surface area contributed by atoms with Gasteiger partial charge in [-0.1, -0.05) is 17.7 Å². The molecule has 1 aliphatic rings. The minimum atomic E-state index is -0.508. The van der Waals surface area contributed by atoms with Crippen LogP contribution in [-0.4, -0.2) is 37.1 Å². The van der Waals surface area contributed by atoms with Gasteiger partial charge in [-0.15, -0.1) is 11.6 Å². The van der Waals surface area contributed by atoms with Gasteiger partial charge in [0.1, 0.15) is 11.1 Å². The molecule has 1 aromatic carbocycles. The highest BCUT2D eigenvalue weighted by atomic mass is 35.5. The van der Waals surface area contributed by atoms with Gasteiger partial charge in [-0.25, -0.2) is 0 Å². The molecule has 1 aromatic rings. The van der Waals surface area contributed by atoms with Gasteiger partial charge < -0.3 is 14.4 Å². The van der Waals surface area contributed by atoms with Crippen molar-refractivity contribution in [3.63, 3.8) is 0 Å². The van der Waals surface area contributed by atoms with E-state index in [1.165, 1.54) is 4.90 Å². The van der Waals surface area contributed by atoms with Crippen LogP contribution in [0.5, 0.6) is 5.75 Å². The van der Waals surface area contributed by atoms with Gasteiger partial charge >= 0.3 is 0 Å². The molecule has 20 heavy (non-hydrogen) atoms. The number of carbonyl (C=O) groups excluding carboxylic acids is 1. The standard InChI is InChI=1S/C14H15Cl2NO3/c1-17-13(6-5-11(15)14(17)18)10-4-3-9(7-12(10)16)20-8-19-2/h3-4,6-7,11H,5,8H2,1-2H3. The first kappa shape index (κ1) is 15.2. The summed E-state index contributed by atoms with van der Waals surface area (Å²) in [6, 6.07) is 5.30. The van der Waals surface area contributed by atoms with Crippen LogP contribution in [0.3, 0.4) is 0 Å². The molecule has 0 aromatic heterocycles. The van der Waals surface area contributed by atoms with Crippen molar-refractivity contribution in [2.75, 3.05) is 21.0 Å². The summed E-state index contributed by atoms with van der Waals surface area (Å²) in [5.74, 6) is 0.487. The minimum Gasteiger partial charge on any atom is -0.468 e. The van der Waals surface area contributed by atoms with E-state index in [0.29, 0.717) is 17.2 Å². The first-order valence-electron chi connectivity index (χ1n) is 6.08. The molecule has 0 spiro atoms. The van der Waals surface area contributed by atoms with Gasteiger partial charge in [0, 0.05) is 25.4 Å². The summed E-state index contributed by atoms with van der Waals surface area (Å²) in [6.07, 6.45) is 2.41. The molecular formula is C14H15Cl2NO3. The lowest BCUT2D eigenvalue weighted by molar-refractivity contribution is -0.126. The maximum absolute atomic E-state index is 11.9. The number of amides is 1. The number of hydrogen-bond acceptors (Lipinski definition) is 3. The van der Waals surface area contributed by atoms with Crippen LogP contribution in [0.1, 0.15) is 12.0 Å². The summed E-state index contributed by atoms with van der Waals surface area (Å²) in [7, 11) is 3.24. The van der Waals surface area contributed by atoms with Crippen LogP contribution >= 0.6 is 23.2 Å². The highest BCUT2D eigenvalue weighted by Gasteiger charge is 2.27. The third-order valence-corrected chi connectivity index (χ3v) is 3.72. The van der Waals surface area contributed by atoms with E-state index in [9.17, 15) is 4.79 Å². The molecule has 1 atom stereocenters. The summed E-state index contributed by atoms with van der Waals surface area (Å²) in [5, 5.41) is 0.00404. The Bertz CT molecular complexity index is 545. The van der Waals surface area contributed by atoms with Crippen LogP contribution in [0, 0.1) is 0 Å². The minimum absolute atomic E-state index is 0.125. The van der Waals surface area contributed by atoms with E-state index in [2.05, 4.69) is 0 Å². The average Bonchev–Trinajstić information content (AvgIpc) is 2.44. The summed E-state index contributed by atoms with van der Waals surface area (Å²) < 4.78 is 10.1. The largest absolute Gasteiger partial charge is 0.468 e. The Balaban J connectivity index is 2.27. The number of halogens is 2. The summed E-state index contributed by atoms with van der Waals surface area (Å²) in [5.41, 5.74) is 1.53. The van der Waals surface area contributed by atoms with Gasteiger partial charge in [0.25, 0.3) is 0 Å². The highest BCUT2D eigenvalue weighted by Crippen LogP contribution is 2.33. The summed E-state index contributed by atoms with van der Waals surface area (Å²) in [4.78, 5) is 13.4. The van der Waals surface area contributed by atoms with E-state index in [1.54, 1.807) is 26.3 Å². The number of ether oxygens (including phenoxy) is 2. The fourth-order valence-electron chi connectivity index (χ4n) is 1.99. The van der Waals surface area contributed by atoms with Crippen LogP contribution in [0.15, 0.2) is 24.3 Å². The molecule has 1 aliphatic heterocycles. The smallest absolute Gasteiger partial charge is 0.245 e. The molecule has 4 nitrogen and oxygen atoms in total. The van der Waals surface area contributed by atoms with Crippen molar-refractivity contribution in [3.8, 4) is 5.75 Å². The molecular weight excluding hydrogens is 301 g/mol.